The number of hydrogen-bond donors (Lipinski definition) is 10. The maximum atomic E-state index is 13.8. The molecule has 0 saturated carbocycles. The standard InChI is InChI=1S/C38H60N4O10.C30H52N4O10.C7H9NO.CH4/c1-24(2)27(21-31(45)28(18-19-34(48)51-37(3,4)5)40-32(46)12-11-13-33(47)42(9)10)35(49)41-29(22-39-36(50)52-38(6,7)8)30(44)20-25-14-16-26(23-43)17-15-25;1-18(2)19(26(39)33-21(27(40)41)17-31-28(42)44-30(6,7)8)16-22(35)20(14-15-25(38)43-29(3,4)5)32-23(36)12-11-13-24(37)34(9)10;8-7-3-1-6(5-9)2-4-7;/h14-17,24,27-29,43H,11-13,18-23H2,1-10H3,(H,39,50)(H,40,46)(H,41,49);18-21H,11-17H2,1-10H3,(H,31,42)(H,32,36)(H,33,39)(H,40,41);1-4,9H,5,8H2;1H4/t27-,28-,29-;19-,20-,21-;;/m00../s1. The van der Waals surface area contributed by atoms with Crippen molar-refractivity contribution in [3.05, 3.63) is 65.2 Å². The highest BCUT2D eigenvalue weighted by atomic mass is 16.6. The summed E-state index contributed by atoms with van der Waals surface area (Å²) >= 11 is 0. The number of amides is 8. The van der Waals surface area contributed by atoms with Gasteiger partial charge < -0.3 is 81.7 Å². The average Bonchev–Trinajstić information content (AvgIpc) is 0.855. The van der Waals surface area contributed by atoms with Crippen LogP contribution in [-0.2, 0) is 96.1 Å². The number of benzene rings is 2. The SMILES string of the molecule is C.CC(C)[C@H](CC(=O)[C@H](CCC(=O)OC(C)(C)C)NC(=O)CCCC(=O)N(C)C)C(=O)N[C@@H](CNC(=O)OC(C)(C)C)C(=O)Cc1ccc(CO)cc1.CC(C)[C@H](CC(=O)[C@H](CCC(=O)OC(C)(C)C)NC(=O)CCCC(=O)N(C)C)C(=O)N[C@@H](CNC(=O)OC(C)(C)C)C(=O)O.Nc1ccc(CO)cc1. The number of aliphatic carboxylic acids is 1. The van der Waals surface area contributed by atoms with Gasteiger partial charge in [-0.05, 0) is 149 Å². The number of ether oxygens (including phenoxy) is 4. The number of ketones is 3. The van der Waals surface area contributed by atoms with Gasteiger partial charge in [0.1, 0.15) is 34.5 Å². The number of Topliss-reactive ketones (excluding diaryl/α,β-unsaturated/α-hetero) is 3. The van der Waals surface area contributed by atoms with Gasteiger partial charge in [0.15, 0.2) is 17.3 Å². The number of aliphatic hydroxyl groups excluding tert-OH is 2. The second-order valence-corrected chi connectivity index (χ2v) is 30.6. The van der Waals surface area contributed by atoms with Gasteiger partial charge in [0, 0.05) is 110 Å². The second kappa shape index (κ2) is 48.2. The summed E-state index contributed by atoms with van der Waals surface area (Å²) in [5.74, 6) is -9.29. The van der Waals surface area contributed by atoms with Crippen molar-refractivity contribution in [2.45, 2.75) is 261 Å². The van der Waals surface area contributed by atoms with E-state index in [0.29, 0.717) is 11.1 Å². The van der Waals surface area contributed by atoms with Crippen LogP contribution in [0.2, 0.25) is 0 Å². The Morgan fingerprint density at radius 1 is 0.434 bits per heavy atom. The van der Waals surface area contributed by atoms with Crippen LogP contribution < -0.4 is 37.6 Å². The van der Waals surface area contributed by atoms with Gasteiger partial charge in [0.05, 0.1) is 31.8 Å². The van der Waals surface area contributed by atoms with E-state index in [-0.39, 0.29) is 128 Å². The van der Waals surface area contributed by atoms with Gasteiger partial charge in [-0.3, -0.25) is 52.7 Å². The van der Waals surface area contributed by atoms with Crippen molar-refractivity contribution in [2.24, 2.45) is 23.7 Å². The van der Waals surface area contributed by atoms with Crippen molar-refractivity contribution < 1.29 is 101 Å². The Balaban J connectivity index is 0. The number of aliphatic hydroxyl groups is 2. The van der Waals surface area contributed by atoms with Gasteiger partial charge >= 0.3 is 30.1 Å². The number of alkyl carbamates (subject to hydrolysis) is 2. The van der Waals surface area contributed by atoms with Crippen LogP contribution in [0, 0.1) is 23.7 Å². The molecule has 30 heteroatoms. The number of nitrogens with zero attached hydrogens (tertiary/aromatic N) is 2. The Morgan fingerprint density at radius 3 is 1.07 bits per heavy atom. The fourth-order valence-electron chi connectivity index (χ4n) is 9.41. The van der Waals surface area contributed by atoms with Gasteiger partial charge in [-0.2, -0.15) is 0 Å². The summed E-state index contributed by atoms with van der Waals surface area (Å²) < 4.78 is 21.1. The number of nitrogens with two attached hydrogens (primary N) is 1. The fraction of sp³-hybridized carbons (Fsp3) is 0.658. The van der Waals surface area contributed by atoms with Crippen LogP contribution in [-0.4, -0.2) is 196 Å². The van der Waals surface area contributed by atoms with Crippen LogP contribution in [0.15, 0.2) is 48.5 Å². The average molecular weight is 1500 g/mol. The third kappa shape index (κ3) is 46.0. The number of anilines is 1. The summed E-state index contributed by atoms with van der Waals surface area (Å²) in [6.45, 7) is 26.3. The van der Waals surface area contributed by atoms with Crippen LogP contribution in [0.1, 0.15) is 212 Å². The summed E-state index contributed by atoms with van der Waals surface area (Å²) in [6, 6.07) is 8.94. The molecule has 0 radical (unpaired) electrons. The monoisotopic (exact) mass is 1500 g/mol. The molecule has 8 amide bonds. The molecular formula is C76H125N9O21. The first-order valence-electron chi connectivity index (χ1n) is 35.3. The maximum absolute atomic E-state index is 13.8. The molecule has 0 aliphatic carbocycles. The molecule has 6 atom stereocenters. The number of carboxylic acid groups (broad SMARTS) is 1. The quantitative estimate of drug-likeness (QED) is 0.0184. The molecule has 0 aliphatic heterocycles. The minimum absolute atomic E-state index is 0. The molecule has 0 aliphatic rings. The van der Waals surface area contributed by atoms with Gasteiger partial charge in [0.2, 0.25) is 35.4 Å². The first-order valence-corrected chi connectivity index (χ1v) is 35.3. The predicted molar refractivity (Wildman–Crippen MR) is 400 cm³/mol. The molecule has 106 heavy (non-hydrogen) atoms. The molecule has 0 aromatic heterocycles. The summed E-state index contributed by atoms with van der Waals surface area (Å²) in [5, 5.41) is 42.8. The fourth-order valence-corrected chi connectivity index (χ4v) is 9.41. The van der Waals surface area contributed by atoms with E-state index in [0.717, 1.165) is 11.3 Å². The molecule has 2 rings (SSSR count). The first kappa shape index (κ1) is 99.0. The number of carbonyl (C=O) groups excluding carboxylic acids is 13. The summed E-state index contributed by atoms with van der Waals surface area (Å²) in [6.07, 6.45) is -2.17. The number of rotatable bonds is 38. The molecule has 0 saturated heterocycles. The van der Waals surface area contributed by atoms with Crippen molar-refractivity contribution in [3.8, 4) is 0 Å². The minimum Gasteiger partial charge on any atom is -0.480 e. The molecule has 0 bridgehead atoms. The maximum Gasteiger partial charge on any atom is 0.407 e. The lowest BCUT2D eigenvalue weighted by atomic mass is 9.86. The molecule has 2 aromatic carbocycles. The lowest BCUT2D eigenvalue weighted by molar-refractivity contribution is -0.156. The minimum atomic E-state index is -1.50. The zero-order valence-electron chi connectivity index (χ0n) is 65.4. The summed E-state index contributed by atoms with van der Waals surface area (Å²) in [7, 11) is 6.43. The normalized spacial score (nSPS) is 13.0. The number of nitrogen functional groups attached to an aromatic ring is 1. The van der Waals surface area contributed by atoms with Crippen LogP contribution in [0.3, 0.4) is 0 Å². The van der Waals surface area contributed by atoms with Crippen molar-refractivity contribution in [1.29, 1.82) is 0 Å². The largest absolute Gasteiger partial charge is 0.480 e. The van der Waals surface area contributed by atoms with Crippen molar-refractivity contribution in [3.63, 3.8) is 0 Å². The third-order valence-corrected chi connectivity index (χ3v) is 15.0. The van der Waals surface area contributed by atoms with Gasteiger partial charge in [-0.1, -0.05) is 71.5 Å². The Morgan fingerprint density at radius 2 is 0.755 bits per heavy atom. The second-order valence-electron chi connectivity index (χ2n) is 30.6. The third-order valence-electron chi connectivity index (χ3n) is 15.0. The van der Waals surface area contributed by atoms with Gasteiger partial charge in [0.25, 0.3) is 0 Å². The van der Waals surface area contributed by atoms with Crippen molar-refractivity contribution >= 4 is 88.6 Å². The molecule has 2 aromatic rings. The van der Waals surface area contributed by atoms with Crippen LogP contribution in [0.4, 0.5) is 15.3 Å². The van der Waals surface area contributed by atoms with E-state index in [2.05, 4.69) is 31.9 Å². The van der Waals surface area contributed by atoms with Crippen LogP contribution in [0.25, 0.3) is 0 Å². The number of esters is 2. The zero-order valence-corrected chi connectivity index (χ0v) is 65.4. The molecule has 0 heterocycles. The molecule has 600 valence electrons. The number of hydrogen-bond acceptors (Lipinski definition) is 21. The summed E-state index contributed by atoms with van der Waals surface area (Å²) in [5.41, 5.74) is 5.19. The predicted octanol–water partition coefficient (Wildman–Crippen LogP) is 6.97. The topological polar surface area (TPSA) is 441 Å². The number of carboxylic acids is 1. The van der Waals surface area contributed by atoms with E-state index in [9.17, 15) is 77.3 Å². The highest BCUT2D eigenvalue weighted by Gasteiger charge is 2.36. The number of carbonyl (C=O) groups is 14. The molecule has 0 spiro atoms. The Kier molecular flexibility index (Phi) is 45.0. The Labute approximate surface area is 626 Å². The Hall–Kier alpha value is -9.06. The smallest absolute Gasteiger partial charge is 0.407 e. The molecule has 0 unspecified atom stereocenters. The van der Waals surface area contributed by atoms with E-state index in [1.165, 1.54) is 9.80 Å². The Bertz CT molecular complexity index is 3160. The molecule has 11 N–H and O–H groups in total. The van der Waals surface area contributed by atoms with E-state index in [1.807, 2.05) is 0 Å². The van der Waals surface area contributed by atoms with E-state index >= 15 is 0 Å². The molecule has 30 nitrogen and oxygen atoms in total. The van der Waals surface area contributed by atoms with E-state index in [1.54, 1.807) is 188 Å². The zero-order chi connectivity index (χ0) is 80.9. The van der Waals surface area contributed by atoms with Gasteiger partial charge in [-0.15, -0.1) is 0 Å². The van der Waals surface area contributed by atoms with Crippen molar-refractivity contribution in [2.75, 3.05) is 47.0 Å². The van der Waals surface area contributed by atoms with Crippen LogP contribution in [0.5, 0.6) is 0 Å². The van der Waals surface area contributed by atoms with Crippen molar-refractivity contribution in [1.82, 2.24) is 41.7 Å². The summed E-state index contributed by atoms with van der Waals surface area (Å²) in [4.78, 5) is 181. The first-order chi connectivity index (χ1) is 48.3. The van der Waals surface area contributed by atoms with E-state index in [4.69, 9.17) is 29.8 Å². The molecular weight excluding hydrogens is 1370 g/mol. The molecule has 0 fully saturated rings. The number of nitrogens with one attached hydrogen (secondary N) is 6. The van der Waals surface area contributed by atoms with Gasteiger partial charge in [-0.25, -0.2) is 14.4 Å². The van der Waals surface area contributed by atoms with E-state index < -0.39 is 142 Å². The van der Waals surface area contributed by atoms with Crippen LogP contribution >= 0.6 is 0 Å². The lowest BCUT2D eigenvalue weighted by Crippen LogP contribution is -2.52. The highest BCUT2D eigenvalue weighted by molar-refractivity contribution is 5.96. The lowest BCUT2D eigenvalue weighted by Gasteiger charge is -2.27. The highest BCUT2D eigenvalue weighted by Crippen LogP contribution is 2.23.